The van der Waals surface area contributed by atoms with Gasteiger partial charge in [-0.2, -0.15) is 4.31 Å². The number of carbonyl (C=O) groups excluding carboxylic acids is 1. The maximum Gasteiger partial charge on any atom is 0.243 e. The van der Waals surface area contributed by atoms with Crippen molar-refractivity contribution in [2.75, 3.05) is 20.1 Å². The SMILES string of the molecule is Cc1ccccc1CCNC(=O)CN(C)S(=O)(=O)c1ccc(F)cc1. The van der Waals surface area contributed by atoms with Crippen molar-refractivity contribution in [3.05, 3.63) is 65.5 Å². The van der Waals surface area contributed by atoms with Crippen molar-refractivity contribution in [3.63, 3.8) is 0 Å². The molecular formula is C18H21FN2O3S. The number of hydrogen-bond acceptors (Lipinski definition) is 3. The van der Waals surface area contributed by atoms with Crippen molar-refractivity contribution >= 4 is 15.9 Å². The molecule has 0 heterocycles. The number of carbonyl (C=O) groups is 1. The van der Waals surface area contributed by atoms with Gasteiger partial charge in [-0.05, 0) is 48.7 Å². The van der Waals surface area contributed by atoms with E-state index in [1.807, 2.05) is 31.2 Å². The number of nitrogens with zero attached hydrogens (tertiary/aromatic N) is 1. The predicted octanol–water partition coefficient (Wildman–Crippen LogP) is 2.11. The Hall–Kier alpha value is -2.25. The average molecular weight is 364 g/mol. The molecule has 1 amide bonds. The molecule has 7 heteroatoms. The van der Waals surface area contributed by atoms with Crippen molar-refractivity contribution in [1.29, 1.82) is 0 Å². The van der Waals surface area contributed by atoms with Gasteiger partial charge in [0.2, 0.25) is 15.9 Å². The second-order valence-corrected chi connectivity index (χ2v) is 7.79. The van der Waals surface area contributed by atoms with E-state index in [2.05, 4.69) is 5.32 Å². The van der Waals surface area contributed by atoms with Crippen LogP contribution in [0.3, 0.4) is 0 Å². The number of halogens is 1. The van der Waals surface area contributed by atoms with Gasteiger partial charge < -0.3 is 5.32 Å². The highest BCUT2D eigenvalue weighted by Gasteiger charge is 2.22. The maximum absolute atomic E-state index is 12.9. The summed E-state index contributed by atoms with van der Waals surface area (Å²) in [6.07, 6.45) is 0.673. The minimum atomic E-state index is -3.83. The fourth-order valence-corrected chi connectivity index (χ4v) is 3.48. The van der Waals surface area contributed by atoms with E-state index in [4.69, 9.17) is 0 Å². The van der Waals surface area contributed by atoms with E-state index >= 15 is 0 Å². The second kappa shape index (κ2) is 8.22. The lowest BCUT2D eigenvalue weighted by atomic mass is 10.1. The Balaban J connectivity index is 1.89. The van der Waals surface area contributed by atoms with Crippen LogP contribution in [0.25, 0.3) is 0 Å². The fourth-order valence-electron chi connectivity index (χ4n) is 2.36. The molecule has 0 aliphatic rings. The number of sulfonamides is 1. The van der Waals surface area contributed by atoms with Crippen molar-refractivity contribution in [2.45, 2.75) is 18.2 Å². The van der Waals surface area contributed by atoms with Crippen molar-refractivity contribution in [1.82, 2.24) is 9.62 Å². The smallest absolute Gasteiger partial charge is 0.243 e. The second-order valence-electron chi connectivity index (χ2n) is 5.74. The summed E-state index contributed by atoms with van der Waals surface area (Å²) in [6.45, 7) is 2.13. The number of hydrogen-bond donors (Lipinski definition) is 1. The van der Waals surface area contributed by atoms with Crippen LogP contribution in [0, 0.1) is 12.7 Å². The van der Waals surface area contributed by atoms with Crippen LogP contribution in [0.4, 0.5) is 4.39 Å². The number of likely N-dealkylation sites (N-methyl/N-ethyl adjacent to an activating group) is 1. The highest BCUT2D eigenvalue weighted by Crippen LogP contribution is 2.14. The molecular weight excluding hydrogens is 343 g/mol. The lowest BCUT2D eigenvalue weighted by molar-refractivity contribution is -0.121. The number of rotatable bonds is 7. The third-order valence-corrected chi connectivity index (χ3v) is 5.68. The van der Waals surface area contributed by atoms with Crippen LogP contribution in [0.15, 0.2) is 53.4 Å². The molecule has 0 bridgehead atoms. The summed E-state index contributed by atoms with van der Waals surface area (Å²) in [4.78, 5) is 11.9. The van der Waals surface area contributed by atoms with Gasteiger partial charge in [-0.25, -0.2) is 12.8 Å². The van der Waals surface area contributed by atoms with Crippen LogP contribution in [-0.4, -0.2) is 38.8 Å². The summed E-state index contributed by atoms with van der Waals surface area (Å²) >= 11 is 0. The third-order valence-electron chi connectivity index (χ3n) is 3.87. The lowest BCUT2D eigenvalue weighted by Gasteiger charge is -2.17. The molecule has 0 fully saturated rings. The van der Waals surface area contributed by atoms with Gasteiger partial charge in [0.1, 0.15) is 5.82 Å². The third kappa shape index (κ3) is 5.11. The zero-order chi connectivity index (χ0) is 18.4. The van der Waals surface area contributed by atoms with E-state index in [9.17, 15) is 17.6 Å². The Morgan fingerprint density at radius 3 is 2.40 bits per heavy atom. The van der Waals surface area contributed by atoms with Crippen molar-refractivity contribution in [3.8, 4) is 0 Å². The predicted molar refractivity (Wildman–Crippen MR) is 94.1 cm³/mol. The van der Waals surface area contributed by atoms with E-state index in [0.717, 1.165) is 27.6 Å². The average Bonchev–Trinajstić information content (AvgIpc) is 2.57. The Bertz CT molecular complexity index is 836. The molecule has 0 saturated heterocycles. The van der Waals surface area contributed by atoms with Crippen LogP contribution in [0.5, 0.6) is 0 Å². The van der Waals surface area contributed by atoms with Crippen LogP contribution < -0.4 is 5.32 Å². The minimum Gasteiger partial charge on any atom is -0.355 e. The molecule has 25 heavy (non-hydrogen) atoms. The van der Waals surface area contributed by atoms with Crippen molar-refractivity contribution in [2.24, 2.45) is 0 Å². The number of benzene rings is 2. The van der Waals surface area contributed by atoms with Gasteiger partial charge in [-0.15, -0.1) is 0 Å². The monoisotopic (exact) mass is 364 g/mol. The highest BCUT2D eigenvalue weighted by molar-refractivity contribution is 7.89. The fraction of sp³-hybridized carbons (Fsp3) is 0.278. The number of nitrogens with one attached hydrogen (secondary N) is 1. The van der Waals surface area contributed by atoms with Gasteiger partial charge in [0.05, 0.1) is 11.4 Å². The topological polar surface area (TPSA) is 66.5 Å². The molecule has 1 N–H and O–H groups in total. The molecule has 0 atom stereocenters. The van der Waals surface area contributed by atoms with Crippen LogP contribution >= 0.6 is 0 Å². The van der Waals surface area contributed by atoms with Gasteiger partial charge in [0, 0.05) is 13.6 Å². The number of aryl methyl sites for hydroxylation is 1. The Kier molecular flexibility index (Phi) is 6.27. The quantitative estimate of drug-likeness (QED) is 0.818. The molecule has 0 radical (unpaired) electrons. The molecule has 2 rings (SSSR count). The molecule has 0 spiro atoms. The van der Waals surface area contributed by atoms with Gasteiger partial charge in [0.15, 0.2) is 0 Å². The summed E-state index contributed by atoms with van der Waals surface area (Å²) in [5, 5.41) is 2.72. The van der Waals surface area contributed by atoms with Gasteiger partial charge in [-0.1, -0.05) is 24.3 Å². The first-order valence-electron chi connectivity index (χ1n) is 7.84. The molecule has 5 nitrogen and oxygen atoms in total. The molecule has 0 unspecified atom stereocenters. The Labute approximate surface area is 147 Å². The molecule has 134 valence electrons. The molecule has 0 saturated carbocycles. The standard InChI is InChI=1S/C18H21FN2O3S/c1-14-5-3-4-6-15(14)11-12-20-18(22)13-21(2)25(23,24)17-9-7-16(19)8-10-17/h3-10H,11-13H2,1-2H3,(H,20,22). The largest absolute Gasteiger partial charge is 0.355 e. The summed E-state index contributed by atoms with van der Waals surface area (Å²) in [5.74, 6) is -0.905. The lowest BCUT2D eigenvalue weighted by Crippen LogP contribution is -2.39. The normalized spacial score (nSPS) is 11.5. The molecule has 0 aliphatic heterocycles. The van der Waals surface area contributed by atoms with Crippen LogP contribution in [0.1, 0.15) is 11.1 Å². The zero-order valence-corrected chi connectivity index (χ0v) is 15.0. The van der Waals surface area contributed by atoms with E-state index in [-0.39, 0.29) is 17.3 Å². The first kappa shape index (κ1) is 19.1. The maximum atomic E-state index is 12.9. The van der Waals surface area contributed by atoms with E-state index in [0.29, 0.717) is 13.0 Å². The Morgan fingerprint density at radius 1 is 1.12 bits per heavy atom. The van der Waals surface area contributed by atoms with Gasteiger partial charge in [0.25, 0.3) is 0 Å². The highest BCUT2D eigenvalue weighted by atomic mass is 32.2. The summed E-state index contributed by atoms with van der Waals surface area (Å²) in [5.41, 5.74) is 2.28. The zero-order valence-electron chi connectivity index (χ0n) is 14.2. The van der Waals surface area contributed by atoms with Crippen LogP contribution in [-0.2, 0) is 21.2 Å². The Morgan fingerprint density at radius 2 is 1.76 bits per heavy atom. The summed E-state index contributed by atoms with van der Waals surface area (Å²) in [7, 11) is -2.51. The molecule has 2 aromatic carbocycles. The summed E-state index contributed by atoms with van der Waals surface area (Å²) < 4.78 is 38.6. The van der Waals surface area contributed by atoms with E-state index in [1.54, 1.807) is 0 Å². The first-order chi connectivity index (χ1) is 11.8. The van der Waals surface area contributed by atoms with Gasteiger partial charge >= 0.3 is 0 Å². The van der Waals surface area contributed by atoms with E-state index in [1.165, 1.54) is 19.2 Å². The van der Waals surface area contributed by atoms with Crippen molar-refractivity contribution < 1.29 is 17.6 Å². The molecule has 0 aromatic heterocycles. The first-order valence-corrected chi connectivity index (χ1v) is 9.28. The summed E-state index contributed by atoms with van der Waals surface area (Å²) in [6, 6.07) is 12.4. The molecule has 0 aliphatic carbocycles. The molecule has 2 aromatic rings. The van der Waals surface area contributed by atoms with Gasteiger partial charge in [-0.3, -0.25) is 4.79 Å². The number of amides is 1. The van der Waals surface area contributed by atoms with E-state index < -0.39 is 15.8 Å². The van der Waals surface area contributed by atoms with Crippen LogP contribution in [0.2, 0.25) is 0 Å². The minimum absolute atomic E-state index is 0.0517.